The van der Waals surface area contributed by atoms with Crippen molar-refractivity contribution in [3.63, 3.8) is 0 Å². The van der Waals surface area contributed by atoms with Crippen LogP contribution >= 0.6 is 63.0 Å². The molecule has 0 bridgehead atoms. The minimum atomic E-state index is -0.750. The molecule has 6 heavy (non-hydrogen) atoms. The summed E-state index contributed by atoms with van der Waals surface area (Å²) in [7, 11) is 0. The Morgan fingerprint density at radius 2 is 0.833 bits per heavy atom. The van der Waals surface area contributed by atoms with Crippen LogP contribution in [0.15, 0.2) is 0 Å². The van der Waals surface area contributed by atoms with Gasteiger partial charge in [0.05, 0.1) is 0 Å². The van der Waals surface area contributed by atoms with Crippen LogP contribution in [0.2, 0.25) is 0 Å². The second-order valence-corrected chi connectivity index (χ2v) is 13.4. The molecule has 0 amide bonds. The van der Waals surface area contributed by atoms with Gasteiger partial charge < -0.3 is 63.0 Å². The van der Waals surface area contributed by atoms with Crippen LogP contribution in [-0.4, -0.2) is 1.44 Å². The van der Waals surface area contributed by atoms with Gasteiger partial charge in [-0.1, -0.05) is 0 Å². The van der Waals surface area contributed by atoms with Crippen LogP contribution in [0.4, 0.5) is 0 Å². The van der Waals surface area contributed by atoms with Crippen LogP contribution < -0.4 is 29.6 Å². The summed E-state index contributed by atoms with van der Waals surface area (Å²) in [5.74, 6) is 0. The fourth-order valence-corrected chi connectivity index (χ4v) is 0. The van der Waals surface area contributed by atoms with Crippen LogP contribution in [0, 0.1) is 0 Å². The van der Waals surface area contributed by atoms with Crippen LogP contribution in [0.25, 0.3) is 0 Å². The predicted octanol–water partition coefficient (Wildman–Crippen LogP) is 0.00560. The van der Waals surface area contributed by atoms with E-state index in [1.165, 1.54) is 0 Å². The first kappa shape index (κ1) is 11.7. The molecule has 32 valence electrons. The fourth-order valence-electron chi connectivity index (χ4n) is 0. The van der Waals surface area contributed by atoms with E-state index < -0.39 is 1.44 Å². The third-order valence-corrected chi connectivity index (χ3v) is 0. The molecule has 0 saturated heterocycles. The van der Waals surface area contributed by atoms with Gasteiger partial charge in [0.25, 0.3) is 0 Å². The van der Waals surface area contributed by atoms with Crippen molar-refractivity contribution in [2.75, 3.05) is 0 Å². The van der Waals surface area contributed by atoms with Crippen LogP contribution in [0.1, 0.15) is 0 Å². The summed E-state index contributed by atoms with van der Waals surface area (Å²) in [6.45, 7) is 0. The van der Waals surface area contributed by atoms with E-state index in [0.717, 1.165) is 0 Å². The van der Waals surface area contributed by atoms with Crippen molar-refractivity contribution < 1.29 is 29.6 Å². The molecule has 0 atom stereocenters. The van der Waals surface area contributed by atoms with E-state index in [9.17, 15) is 0 Å². The van der Waals surface area contributed by atoms with Gasteiger partial charge in [0.2, 0.25) is 1.44 Å². The Morgan fingerprint density at radius 1 is 0.833 bits per heavy atom. The van der Waals surface area contributed by atoms with Crippen molar-refractivity contribution in [3.05, 3.63) is 0 Å². The summed E-state index contributed by atoms with van der Waals surface area (Å²) >= 11 is 12.8. The van der Waals surface area contributed by atoms with E-state index in [1.807, 2.05) is 0 Å². The normalized spacial score (nSPS) is 10.0. The molecule has 0 rings (SSSR count). The quantitative estimate of drug-likeness (QED) is 0.538. The van der Waals surface area contributed by atoms with Crippen molar-refractivity contribution >= 4 is 64.5 Å². The van der Waals surface area contributed by atoms with Gasteiger partial charge in [0, 0.05) is 0 Å². The summed E-state index contributed by atoms with van der Waals surface area (Å²) in [6, 6.07) is 0. The number of halogens is 4. The Balaban J connectivity index is 0. The first-order valence-electron chi connectivity index (χ1n) is 0.873. The maximum atomic E-state index is 3.19. The van der Waals surface area contributed by atoms with Gasteiger partial charge >= 0.3 is 29.6 Å². The monoisotopic (exact) mass is 350 g/mol. The van der Waals surface area contributed by atoms with E-state index in [2.05, 4.69) is 63.0 Å². The molecule has 0 aliphatic heterocycles. The molecule has 0 spiro atoms. The molecule has 0 N–H and O–H groups in total. The third kappa shape index (κ3) is 28.1. The summed E-state index contributed by atoms with van der Waals surface area (Å²) in [6.07, 6.45) is 0. The molecule has 0 nitrogen and oxygen atoms in total. The van der Waals surface area contributed by atoms with Crippen molar-refractivity contribution in [1.29, 1.82) is 0 Å². The van der Waals surface area contributed by atoms with Crippen molar-refractivity contribution in [2.45, 2.75) is 0 Å². The molecule has 0 aliphatic carbocycles. The molecule has 0 aromatic carbocycles. The molecule has 0 aromatic rings. The van der Waals surface area contributed by atoms with Crippen molar-refractivity contribution in [2.24, 2.45) is 0 Å². The molecule has 6 heteroatoms. The Bertz CT molecular complexity index is 23.0. The smallest absolute Gasteiger partial charge is 0.311 e. The van der Waals surface area contributed by atoms with E-state index in [0.29, 0.717) is 0 Å². The second-order valence-electron chi connectivity index (χ2n) is 0.495. The summed E-state index contributed by atoms with van der Waals surface area (Å²) in [5, 5.41) is 0. The summed E-state index contributed by atoms with van der Waals surface area (Å²) < 4.78 is -0.750. The zero-order chi connectivity index (χ0) is 4.50. The molecular formula is BBr4Na. The van der Waals surface area contributed by atoms with Gasteiger partial charge in [0.15, 0.2) is 0 Å². The average molecular weight is 353 g/mol. The number of rotatable bonds is 0. The zero-order valence-electron chi connectivity index (χ0n) is 3.09. The Hall–Kier alpha value is 2.98. The first-order chi connectivity index (χ1) is 2.00. The molecule has 0 aromatic heterocycles. The van der Waals surface area contributed by atoms with E-state index in [1.54, 1.807) is 0 Å². The van der Waals surface area contributed by atoms with E-state index in [-0.39, 0.29) is 29.6 Å². The topological polar surface area (TPSA) is 0 Å². The zero-order valence-corrected chi connectivity index (χ0v) is 11.4. The maximum Gasteiger partial charge on any atom is 1.00 e. The van der Waals surface area contributed by atoms with Crippen LogP contribution in [-0.2, 0) is 0 Å². The standard InChI is InChI=1S/BBr4.Na/c2-1(3,4)5;/q-1;+1. The molecule has 0 heterocycles. The summed E-state index contributed by atoms with van der Waals surface area (Å²) in [4.78, 5) is 0. The van der Waals surface area contributed by atoms with Gasteiger partial charge in [-0.2, -0.15) is 0 Å². The van der Waals surface area contributed by atoms with Gasteiger partial charge in [-0.25, -0.2) is 0 Å². The van der Waals surface area contributed by atoms with Gasteiger partial charge in [0.1, 0.15) is 0 Å². The fraction of sp³-hybridized carbons (Fsp3) is 0. The minimum absolute atomic E-state index is 0. The van der Waals surface area contributed by atoms with Gasteiger partial charge in [-0.15, -0.1) is 0 Å². The number of hydrogen-bond donors (Lipinski definition) is 0. The van der Waals surface area contributed by atoms with E-state index in [4.69, 9.17) is 0 Å². The SMILES string of the molecule is Br[B-](Br)(Br)Br.[Na+]. The predicted molar refractivity (Wildman–Crippen MR) is 41.5 cm³/mol. The maximum absolute atomic E-state index is 3.19. The van der Waals surface area contributed by atoms with Gasteiger partial charge in [-0.3, -0.25) is 0 Å². The van der Waals surface area contributed by atoms with Crippen LogP contribution in [0.3, 0.4) is 0 Å². The first-order valence-corrected chi connectivity index (χ1v) is 4.54. The van der Waals surface area contributed by atoms with Crippen molar-refractivity contribution in [1.82, 2.24) is 0 Å². The number of hydrogen-bond acceptors (Lipinski definition) is 0. The minimum Gasteiger partial charge on any atom is -0.311 e. The third-order valence-electron chi connectivity index (χ3n) is 0. The largest absolute Gasteiger partial charge is 1.00 e. The molecule has 0 radical (unpaired) electrons. The van der Waals surface area contributed by atoms with Crippen molar-refractivity contribution in [3.8, 4) is 0 Å². The Morgan fingerprint density at radius 3 is 0.833 bits per heavy atom. The second kappa shape index (κ2) is 4.83. The average Bonchev–Trinajstić information content (AvgIpc) is 0.722. The molecular weight excluding hydrogens is 353 g/mol. The summed E-state index contributed by atoms with van der Waals surface area (Å²) in [5.41, 5.74) is 0. The molecule has 0 fully saturated rings. The van der Waals surface area contributed by atoms with Crippen LogP contribution in [0.5, 0.6) is 0 Å². The molecule has 0 saturated carbocycles. The molecule has 0 unspecified atom stereocenters. The molecule has 0 aliphatic rings. The van der Waals surface area contributed by atoms with Gasteiger partial charge in [-0.05, 0) is 0 Å². The van der Waals surface area contributed by atoms with E-state index >= 15 is 0 Å². The Kier molecular flexibility index (Phi) is 9.44. The Labute approximate surface area is 92.3 Å².